The van der Waals surface area contributed by atoms with Crippen LogP contribution in [-0.2, 0) is 16.6 Å². The van der Waals surface area contributed by atoms with Crippen LogP contribution in [0.4, 0.5) is 0 Å². The molecule has 32 heavy (non-hydrogen) atoms. The van der Waals surface area contributed by atoms with Gasteiger partial charge >= 0.3 is 0 Å². The van der Waals surface area contributed by atoms with E-state index >= 15 is 0 Å². The number of carbonyl (C=O) groups is 1. The summed E-state index contributed by atoms with van der Waals surface area (Å²) in [5, 5.41) is 6.23. The van der Waals surface area contributed by atoms with Crippen LogP contribution in [-0.4, -0.2) is 49.3 Å². The van der Waals surface area contributed by atoms with Crippen LogP contribution in [0.25, 0.3) is 0 Å². The van der Waals surface area contributed by atoms with Gasteiger partial charge in [0.2, 0.25) is 0 Å². The Hall–Kier alpha value is -2.01. The molecule has 0 radical (unpaired) electrons. The summed E-state index contributed by atoms with van der Waals surface area (Å²) in [7, 11) is -3.54. The summed E-state index contributed by atoms with van der Waals surface area (Å²) in [5.74, 6) is -0.492. The summed E-state index contributed by atoms with van der Waals surface area (Å²) in [5.41, 5.74) is -0.433. The molecule has 3 heterocycles. The molecule has 0 aliphatic carbocycles. The number of sulfonamides is 1. The second-order valence-electron chi connectivity index (χ2n) is 8.01. The summed E-state index contributed by atoms with van der Waals surface area (Å²) in [6.07, 6.45) is 7.97. The maximum absolute atomic E-state index is 13.0. The number of unbranched alkanes of at least 4 members (excludes halogenated alkanes) is 3. The second kappa shape index (κ2) is 11.7. The van der Waals surface area contributed by atoms with Crippen molar-refractivity contribution in [2.24, 2.45) is 0 Å². The third-order valence-electron chi connectivity index (χ3n) is 5.63. The van der Waals surface area contributed by atoms with Gasteiger partial charge < -0.3 is 15.6 Å². The van der Waals surface area contributed by atoms with Gasteiger partial charge in [-0.25, -0.2) is 8.42 Å². The van der Waals surface area contributed by atoms with Crippen molar-refractivity contribution in [3.05, 3.63) is 51.3 Å². The van der Waals surface area contributed by atoms with Crippen LogP contribution in [0.5, 0.6) is 0 Å². The molecule has 2 aromatic rings. The molecule has 3 N–H and O–H groups in total. The number of nitrogens with zero attached hydrogens (tertiary/aromatic N) is 1. The molecule has 2 aromatic heterocycles. The maximum Gasteiger partial charge on any atom is 0.260 e. The third-order valence-corrected chi connectivity index (χ3v) is 9.09. The standard InChI is InChI=1S/C22H32N4O4S2/c1-2-3-4-5-12-23-17-10-14-26(15-11-17)32(29,30)20-9-8-18(31-20)16-25-22(28)19-7-6-13-24-21(19)27/h6-9,13,17,23H,2-5,10-12,14-16H2,1H3,(H,24,27)(H,25,28). The van der Waals surface area contributed by atoms with Crippen molar-refractivity contribution in [2.45, 2.75) is 62.2 Å². The van der Waals surface area contributed by atoms with Crippen molar-refractivity contribution in [1.82, 2.24) is 19.9 Å². The zero-order valence-corrected chi connectivity index (χ0v) is 20.1. The molecular formula is C22H32N4O4S2. The molecular weight excluding hydrogens is 448 g/mol. The lowest BCUT2D eigenvalue weighted by Crippen LogP contribution is -2.44. The highest BCUT2D eigenvalue weighted by Gasteiger charge is 2.30. The predicted octanol–water partition coefficient (Wildman–Crippen LogP) is 2.69. The van der Waals surface area contributed by atoms with Crippen molar-refractivity contribution < 1.29 is 13.2 Å². The second-order valence-corrected chi connectivity index (χ2v) is 11.3. The number of aromatic nitrogens is 1. The van der Waals surface area contributed by atoms with Crippen molar-refractivity contribution in [3.63, 3.8) is 0 Å². The topological polar surface area (TPSA) is 111 Å². The smallest absolute Gasteiger partial charge is 0.260 e. The van der Waals surface area contributed by atoms with Gasteiger partial charge in [-0.2, -0.15) is 4.31 Å². The highest BCUT2D eigenvalue weighted by Crippen LogP contribution is 2.27. The number of rotatable bonds is 11. The van der Waals surface area contributed by atoms with Gasteiger partial charge in [0, 0.05) is 30.2 Å². The highest BCUT2D eigenvalue weighted by molar-refractivity contribution is 7.91. The number of aromatic amines is 1. The molecule has 1 saturated heterocycles. The van der Waals surface area contributed by atoms with E-state index in [4.69, 9.17) is 0 Å². The Morgan fingerprint density at radius 3 is 2.69 bits per heavy atom. The quantitative estimate of drug-likeness (QED) is 0.428. The van der Waals surface area contributed by atoms with Crippen LogP contribution in [0, 0.1) is 0 Å². The van der Waals surface area contributed by atoms with E-state index in [1.54, 1.807) is 22.5 Å². The number of piperidine rings is 1. The van der Waals surface area contributed by atoms with Crippen LogP contribution in [0.2, 0.25) is 0 Å². The molecule has 0 unspecified atom stereocenters. The van der Waals surface area contributed by atoms with E-state index in [0.29, 0.717) is 24.0 Å². The fourth-order valence-corrected chi connectivity index (χ4v) is 6.66. The zero-order chi connectivity index (χ0) is 23.0. The number of thiophene rings is 1. The van der Waals surface area contributed by atoms with Crippen molar-refractivity contribution in [2.75, 3.05) is 19.6 Å². The Kier molecular flexibility index (Phi) is 9.03. The van der Waals surface area contributed by atoms with Crippen LogP contribution in [0.15, 0.2) is 39.5 Å². The number of hydrogen-bond acceptors (Lipinski definition) is 6. The normalized spacial score (nSPS) is 15.7. The molecule has 1 amide bonds. The lowest BCUT2D eigenvalue weighted by molar-refractivity contribution is 0.0949. The Balaban J connectivity index is 1.49. The first-order valence-corrected chi connectivity index (χ1v) is 13.5. The molecule has 0 aromatic carbocycles. The average molecular weight is 481 g/mol. The SMILES string of the molecule is CCCCCCNC1CCN(S(=O)(=O)c2ccc(CNC(=O)c3ccc[nH]c3=O)s2)CC1. The minimum absolute atomic E-state index is 0.0266. The molecule has 0 bridgehead atoms. The van der Waals surface area contributed by atoms with Gasteiger partial charge in [0.25, 0.3) is 21.5 Å². The van der Waals surface area contributed by atoms with Gasteiger partial charge in [0.15, 0.2) is 0 Å². The Morgan fingerprint density at radius 2 is 1.97 bits per heavy atom. The maximum atomic E-state index is 13.0. The van der Waals surface area contributed by atoms with Gasteiger partial charge in [-0.3, -0.25) is 9.59 Å². The summed E-state index contributed by atoms with van der Waals surface area (Å²) in [4.78, 5) is 27.1. The predicted molar refractivity (Wildman–Crippen MR) is 126 cm³/mol. The van der Waals surface area contributed by atoms with Gasteiger partial charge in [-0.15, -0.1) is 11.3 Å². The summed E-state index contributed by atoms with van der Waals surface area (Å²) in [6, 6.07) is 6.70. The first-order chi connectivity index (χ1) is 15.4. The van der Waals surface area contributed by atoms with E-state index in [1.807, 2.05) is 0 Å². The van der Waals surface area contributed by atoms with Crippen LogP contribution >= 0.6 is 11.3 Å². The van der Waals surface area contributed by atoms with Gasteiger partial charge in [0.1, 0.15) is 9.77 Å². The molecule has 3 rings (SSSR count). The third kappa shape index (κ3) is 6.50. The Labute approximate surface area is 193 Å². The average Bonchev–Trinajstić information content (AvgIpc) is 3.28. The monoisotopic (exact) mass is 480 g/mol. The number of pyridine rings is 1. The summed E-state index contributed by atoms with van der Waals surface area (Å²) < 4.78 is 27.9. The summed E-state index contributed by atoms with van der Waals surface area (Å²) >= 11 is 1.15. The van der Waals surface area contributed by atoms with Crippen LogP contribution in [0.1, 0.15) is 60.7 Å². The molecule has 0 saturated carbocycles. The fourth-order valence-electron chi connectivity index (χ4n) is 3.74. The van der Waals surface area contributed by atoms with E-state index in [0.717, 1.165) is 30.7 Å². The van der Waals surface area contributed by atoms with Crippen LogP contribution < -0.4 is 16.2 Å². The molecule has 10 heteroatoms. The van der Waals surface area contributed by atoms with E-state index in [1.165, 1.54) is 37.9 Å². The minimum atomic E-state index is -3.54. The number of carbonyl (C=O) groups excluding carboxylic acids is 1. The molecule has 1 aliphatic rings. The number of H-pyrrole nitrogens is 1. The lowest BCUT2D eigenvalue weighted by atomic mass is 10.1. The first kappa shape index (κ1) is 24.6. The van der Waals surface area contributed by atoms with Gasteiger partial charge in [-0.05, 0) is 50.1 Å². The molecule has 1 aliphatic heterocycles. The molecule has 176 valence electrons. The number of hydrogen-bond donors (Lipinski definition) is 3. The van der Waals surface area contributed by atoms with E-state index in [-0.39, 0.29) is 16.3 Å². The Morgan fingerprint density at radius 1 is 1.19 bits per heavy atom. The van der Waals surface area contributed by atoms with Gasteiger partial charge in [0.05, 0.1) is 6.54 Å². The molecule has 1 fully saturated rings. The van der Waals surface area contributed by atoms with E-state index in [9.17, 15) is 18.0 Å². The lowest BCUT2D eigenvalue weighted by Gasteiger charge is -2.31. The largest absolute Gasteiger partial charge is 0.347 e. The van der Waals surface area contributed by atoms with E-state index in [2.05, 4.69) is 22.5 Å². The molecule has 0 atom stereocenters. The number of amides is 1. The molecule has 8 nitrogen and oxygen atoms in total. The first-order valence-electron chi connectivity index (χ1n) is 11.2. The van der Waals surface area contributed by atoms with Crippen molar-refractivity contribution in [1.29, 1.82) is 0 Å². The zero-order valence-electron chi connectivity index (χ0n) is 18.4. The summed E-state index contributed by atoms with van der Waals surface area (Å²) in [6.45, 7) is 4.37. The van der Waals surface area contributed by atoms with Crippen molar-refractivity contribution >= 4 is 27.3 Å². The fraction of sp³-hybridized carbons (Fsp3) is 0.545. The van der Waals surface area contributed by atoms with Gasteiger partial charge in [-0.1, -0.05) is 26.2 Å². The highest BCUT2D eigenvalue weighted by atomic mass is 32.2. The van der Waals surface area contributed by atoms with Crippen LogP contribution in [0.3, 0.4) is 0 Å². The minimum Gasteiger partial charge on any atom is -0.347 e. The Bertz CT molecular complexity index is 1040. The molecule has 0 spiro atoms. The van der Waals surface area contributed by atoms with Crippen molar-refractivity contribution in [3.8, 4) is 0 Å². The number of nitrogens with one attached hydrogen (secondary N) is 3. The van der Waals surface area contributed by atoms with E-state index < -0.39 is 21.5 Å².